The van der Waals surface area contributed by atoms with E-state index in [0.717, 1.165) is 46.0 Å². The minimum atomic E-state index is -0.428. The van der Waals surface area contributed by atoms with Crippen LogP contribution in [0.3, 0.4) is 0 Å². The van der Waals surface area contributed by atoms with Crippen molar-refractivity contribution in [2.45, 2.75) is 44.4 Å². The van der Waals surface area contributed by atoms with Crippen LogP contribution in [0.1, 0.15) is 47.7 Å². The third-order valence-electron chi connectivity index (χ3n) is 5.84. The number of aromatic nitrogens is 3. The van der Waals surface area contributed by atoms with Gasteiger partial charge in [-0.25, -0.2) is 4.98 Å². The number of hydrogen-bond donors (Lipinski definition) is 3. The first kappa shape index (κ1) is 17.0. The van der Waals surface area contributed by atoms with Crippen LogP contribution < -0.4 is 5.32 Å². The van der Waals surface area contributed by atoms with Crippen LogP contribution in [0.25, 0.3) is 21.9 Å². The van der Waals surface area contributed by atoms with Crippen LogP contribution in [0.2, 0.25) is 0 Å². The maximum Gasteiger partial charge on any atom is 0.235 e. The average molecular weight is 377 g/mol. The van der Waals surface area contributed by atoms with Crippen LogP contribution in [0.4, 0.5) is 5.69 Å². The van der Waals surface area contributed by atoms with Crippen LogP contribution in [0, 0.1) is 0 Å². The maximum absolute atomic E-state index is 13.1. The minimum absolute atomic E-state index is 0. The Labute approximate surface area is 166 Å². The van der Waals surface area contributed by atoms with Gasteiger partial charge >= 0.3 is 0 Å². The zero-order valence-electron chi connectivity index (χ0n) is 16.4. The number of nitrogens with zero attached hydrogens (tertiary/aromatic N) is 1. The van der Waals surface area contributed by atoms with Gasteiger partial charge < -0.3 is 15.3 Å². The lowest BCUT2D eigenvalue weighted by molar-refractivity contribution is -0.118. The van der Waals surface area contributed by atoms with Crippen molar-refractivity contribution in [2.75, 3.05) is 5.32 Å². The van der Waals surface area contributed by atoms with Gasteiger partial charge in [0, 0.05) is 30.6 Å². The lowest BCUT2D eigenvalue weighted by Crippen LogP contribution is -2.27. The van der Waals surface area contributed by atoms with E-state index in [4.69, 9.17) is 0 Å². The highest BCUT2D eigenvalue weighted by Gasteiger charge is 2.51. The largest absolute Gasteiger partial charge is 0.358 e. The number of hydrogen-bond acceptors (Lipinski definition) is 2. The molecule has 0 spiro atoms. The first-order chi connectivity index (χ1) is 13.3. The van der Waals surface area contributed by atoms with Gasteiger partial charge in [-0.15, -0.1) is 0 Å². The summed E-state index contributed by atoms with van der Waals surface area (Å²) >= 11 is 0. The number of fused-ring (bicyclic) bond motifs is 2. The molecule has 1 aliphatic carbocycles. The fraction of sp³-hybridized carbons (Fsp3) is 0.304. The molecule has 3 N–H and O–H groups in total. The van der Waals surface area contributed by atoms with E-state index in [2.05, 4.69) is 53.2 Å². The highest BCUT2D eigenvalue weighted by molar-refractivity contribution is 6.03. The standard InChI is InChI=1S/C23H24N4O.2H2/c1-22(2,3)20-11-14-10-16(5-7-17(14)27-20)26-21(28)23(8-9-23)15-4-6-18-19(12-15)25-13-24-18;;/h4-7,10-13,27H,8-9H2,1-3H3,(H,24,25)(H,26,28);2*1H. The van der Waals surface area contributed by atoms with Crippen molar-refractivity contribution in [3.05, 3.63) is 60.0 Å². The topological polar surface area (TPSA) is 73.6 Å². The van der Waals surface area contributed by atoms with E-state index in [1.807, 2.05) is 30.3 Å². The highest BCUT2D eigenvalue weighted by Crippen LogP contribution is 2.49. The summed E-state index contributed by atoms with van der Waals surface area (Å²) in [5.41, 5.74) is 5.71. The Balaban J connectivity index is 0.00000128. The molecule has 0 atom stereocenters. The van der Waals surface area contributed by atoms with Crippen LogP contribution in [-0.2, 0) is 15.6 Å². The molecule has 28 heavy (non-hydrogen) atoms. The molecule has 2 heterocycles. The van der Waals surface area contributed by atoms with E-state index in [0.29, 0.717) is 0 Å². The van der Waals surface area contributed by atoms with Gasteiger partial charge in [0.2, 0.25) is 5.91 Å². The Kier molecular flexibility index (Phi) is 3.48. The summed E-state index contributed by atoms with van der Waals surface area (Å²) in [5, 5.41) is 4.26. The first-order valence-electron chi connectivity index (χ1n) is 9.74. The Morgan fingerprint density at radius 2 is 1.93 bits per heavy atom. The van der Waals surface area contributed by atoms with Crippen molar-refractivity contribution >= 4 is 33.5 Å². The molecule has 2 aromatic carbocycles. The monoisotopic (exact) mass is 376 g/mol. The molecular weight excluding hydrogens is 348 g/mol. The van der Waals surface area contributed by atoms with Gasteiger partial charge in [0.15, 0.2) is 0 Å². The zero-order chi connectivity index (χ0) is 19.5. The Bertz CT molecular complexity index is 1210. The van der Waals surface area contributed by atoms with Crippen LogP contribution in [0.15, 0.2) is 48.8 Å². The Hall–Kier alpha value is -3.08. The molecule has 1 saturated carbocycles. The summed E-state index contributed by atoms with van der Waals surface area (Å²) in [6.45, 7) is 6.56. The second-order valence-electron chi connectivity index (χ2n) is 8.91. The number of amides is 1. The van der Waals surface area contributed by atoms with Crippen molar-refractivity contribution in [2.24, 2.45) is 0 Å². The first-order valence-corrected chi connectivity index (χ1v) is 9.74. The lowest BCUT2D eigenvalue weighted by atomic mass is 9.92. The van der Waals surface area contributed by atoms with Gasteiger partial charge in [-0.1, -0.05) is 26.8 Å². The van der Waals surface area contributed by atoms with Crippen molar-refractivity contribution in [1.29, 1.82) is 0 Å². The van der Waals surface area contributed by atoms with Gasteiger partial charge in [-0.05, 0) is 54.8 Å². The second-order valence-corrected chi connectivity index (χ2v) is 8.91. The number of H-pyrrole nitrogens is 2. The Morgan fingerprint density at radius 1 is 1.11 bits per heavy atom. The van der Waals surface area contributed by atoms with Crippen molar-refractivity contribution in [3.8, 4) is 0 Å². The van der Waals surface area contributed by atoms with Crippen molar-refractivity contribution in [1.82, 2.24) is 15.0 Å². The maximum atomic E-state index is 13.1. The third kappa shape index (κ3) is 2.70. The van der Waals surface area contributed by atoms with Gasteiger partial charge in [0.1, 0.15) is 0 Å². The Morgan fingerprint density at radius 3 is 2.68 bits per heavy atom. The molecule has 0 unspecified atom stereocenters. The number of imidazole rings is 1. The molecule has 5 rings (SSSR count). The molecule has 1 fully saturated rings. The van der Waals surface area contributed by atoms with E-state index < -0.39 is 5.41 Å². The predicted octanol–water partition coefficient (Wildman–Crippen LogP) is 5.50. The average Bonchev–Trinajstić information content (AvgIpc) is 3.13. The summed E-state index contributed by atoms with van der Waals surface area (Å²) in [6, 6.07) is 14.3. The number of anilines is 1. The quantitative estimate of drug-likeness (QED) is 0.441. The molecule has 0 bridgehead atoms. The number of carbonyl (C=O) groups excluding carboxylic acids is 1. The van der Waals surface area contributed by atoms with Gasteiger partial charge in [0.25, 0.3) is 0 Å². The van der Waals surface area contributed by atoms with Gasteiger partial charge in [-0.2, -0.15) is 0 Å². The molecule has 5 heteroatoms. The lowest BCUT2D eigenvalue weighted by Gasteiger charge is -2.16. The molecular formula is C23H28N4O. The predicted molar refractivity (Wildman–Crippen MR) is 117 cm³/mol. The summed E-state index contributed by atoms with van der Waals surface area (Å²) < 4.78 is 0. The van der Waals surface area contributed by atoms with Crippen LogP contribution >= 0.6 is 0 Å². The summed E-state index contributed by atoms with van der Waals surface area (Å²) in [4.78, 5) is 24.0. The minimum Gasteiger partial charge on any atom is -0.358 e. The molecule has 0 saturated heterocycles. The molecule has 5 nitrogen and oxygen atoms in total. The molecule has 2 aromatic heterocycles. The van der Waals surface area contributed by atoms with Crippen molar-refractivity contribution < 1.29 is 7.65 Å². The van der Waals surface area contributed by atoms with Gasteiger partial charge in [-0.3, -0.25) is 4.79 Å². The zero-order valence-corrected chi connectivity index (χ0v) is 16.4. The summed E-state index contributed by atoms with van der Waals surface area (Å²) in [5.74, 6) is 0.0669. The third-order valence-corrected chi connectivity index (χ3v) is 5.84. The number of nitrogens with one attached hydrogen (secondary N) is 3. The molecule has 1 aliphatic rings. The highest BCUT2D eigenvalue weighted by atomic mass is 16.2. The fourth-order valence-corrected chi connectivity index (χ4v) is 3.87. The molecule has 4 aromatic rings. The van der Waals surface area contributed by atoms with Gasteiger partial charge in [0.05, 0.1) is 22.8 Å². The van der Waals surface area contributed by atoms with E-state index >= 15 is 0 Å². The van der Waals surface area contributed by atoms with Crippen molar-refractivity contribution in [3.63, 3.8) is 0 Å². The summed E-state index contributed by atoms with van der Waals surface area (Å²) in [7, 11) is 0. The smallest absolute Gasteiger partial charge is 0.235 e. The molecule has 146 valence electrons. The van der Waals surface area contributed by atoms with E-state index in [-0.39, 0.29) is 14.2 Å². The molecule has 0 aliphatic heterocycles. The number of rotatable bonds is 3. The number of aromatic amines is 2. The van der Waals surface area contributed by atoms with Crippen LogP contribution in [0.5, 0.6) is 0 Å². The normalized spacial score (nSPS) is 15.8. The number of benzene rings is 2. The summed E-state index contributed by atoms with van der Waals surface area (Å²) in [6.07, 6.45) is 3.43. The van der Waals surface area contributed by atoms with E-state index in [1.54, 1.807) is 6.33 Å². The van der Waals surface area contributed by atoms with Crippen LogP contribution in [-0.4, -0.2) is 20.9 Å². The SMILES string of the molecule is CC(C)(C)c1cc2cc(NC(=O)C3(c4ccc5nc[nH]c5c4)CC3)ccc2[nH]1.[HH].[HH]. The number of carbonyl (C=O) groups is 1. The van der Waals surface area contributed by atoms with E-state index in [1.165, 1.54) is 5.69 Å². The second kappa shape index (κ2) is 5.71. The fourth-order valence-electron chi connectivity index (χ4n) is 3.87. The molecule has 0 radical (unpaired) electrons. The molecule has 1 amide bonds. The van der Waals surface area contributed by atoms with E-state index in [9.17, 15) is 4.79 Å².